The Hall–Kier alpha value is -2.39. The molecule has 196 valence electrons. The maximum Gasteiger partial charge on any atom is 0.244 e. The van der Waals surface area contributed by atoms with Crippen molar-refractivity contribution in [3.05, 3.63) is 64.1 Å². The van der Waals surface area contributed by atoms with Crippen molar-refractivity contribution < 1.29 is 18.0 Å². The summed E-state index contributed by atoms with van der Waals surface area (Å²) in [4.78, 5) is 28.7. The Morgan fingerprint density at radius 3 is 2.28 bits per heavy atom. The molecule has 2 aromatic rings. The summed E-state index contributed by atoms with van der Waals surface area (Å²) in [5.41, 5.74) is 2.32. The quantitative estimate of drug-likeness (QED) is 0.440. The van der Waals surface area contributed by atoms with E-state index in [2.05, 4.69) is 21.2 Å². The lowest BCUT2D eigenvalue weighted by Gasteiger charge is -2.34. The standard InChI is InChI=1S/C27H36BrN3O4S/c1-4-25(27(33)29-23-12-6-5-7-13-23)30(18-21-11-9-8-10-20(21)2)26(32)19-31(36(3,34)35)24-16-14-22(28)15-17-24/h8-11,14-17,23,25H,4-7,12-13,18-19H2,1-3H3,(H,29,33). The van der Waals surface area contributed by atoms with Gasteiger partial charge in [0.1, 0.15) is 12.6 Å². The van der Waals surface area contributed by atoms with E-state index in [1.165, 1.54) is 11.3 Å². The first-order valence-corrected chi connectivity index (χ1v) is 15.1. The summed E-state index contributed by atoms with van der Waals surface area (Å²) < 4.78 is 27.3. The number of amides is 2. The Kier molecular flexibility index (Phi) is 9.96. The first kappa shape index (κ1) is 28.2. The third-order valence-corrected chi connectivity index (χ3v) is 8.40. The van der Waals surface area contributed by atoms with Crippen LogP contribution in [0, 0.1) is 6.92 Å². The maximum absolute atomic E-state index is 13.8. The van der Waals surface area contributed by atoms with Gasteiger partial charge in [-0.1, -0.05) is 66.4 Å². The lowest BCUT2D eigenvalue weighted by Crippen LogP contribution is -2.54. The summed E-state index contributed by atoms with van der Waals surface area (Å²) in [5.74, 6) is -0.599. The lowest BCUT2D eigenvalue weighted by atomic mass is 9.95. The molecule has 7 nitrogen and oxygen atoms in total. The molecule has 9 heteroatoms. The van der Waals surface area contributed by atoms with Crippen LogP contribution < -0.4 is 9.62 Å². The molecule has 2 amide bonds. The van der Waals surface area contributed by atoms with Crippen molar-refractivity contribution in [3.63, 3.8) is 0 Å². The molecular weight excluding hydrogens is 542 g/mol. The van der Waals surface area contributed by atoms with Crippen molar-refractivity contribution in [2.24, 2.45) is 0 Å². The predicted octanol–water partition coefficient (Wildman–Crippen LogP) is 4.78. The summed E-state index contributed by atoms with van der Waals surface area (Å²) in [6.07, 6.45) is 6.75. The van der Waals surface area contributed by atoms with E-state index in [4.69, 9.17) is 0 Å². The van der Waals surface area contributed by atoms with Gasteiger partial charge in [-0.05, 0) is 61.6 Å². The highest BCUT2D eigenvalue weighted by atomic mass is 79.9. The molecule has 0 radical (unpaired) electrons. The fourth-order valence-electron chi connectivity index (χ4n) is 4.66. The topological polar surface area (TPSA) is 86.8 Å². The molecule has 0 aliphatic heterocycles. The largest absolute Gasteiger partial charge is 0.352 e. The highest BCUT2D eigenvalue weighted by molar-refractivity contribution is 9.10. The zero-order chi connectivity index (χ0) is 26.3. The number of carbonyl (C=O) groups is 2. The van der Waals surface area contributed by atoms with Crippen LogP contribution in [0.5, 0.6) is 0 Å². The van der Waals surface area contributed by atoms with Gasteiger partial charge in [0.2, 0.25) is 21.8 Å². The van der Waals surface area contributed by atoms with Gasteiger partial charge >= 0.3 is 0 Å². The van der Waals surface area contributed by atoms with Gasteiger partial charge in [0.15, 0.2) is 0 Å². The number of hydrogen-bond acceptors (Lipinski definition) is 4. The Morgan fingerprint density at radius 2 is 1.69 bits per heavy atom. The van der Waals surface area contributed by atoms with Crippen LogP contribution in [0.2, 0.25) is 0 Å². The van der Waals surface area contributed by atoms with Crippen LogP contribution in [0.1, 0.15) is 56.6 Å². The van der Waals surface area contributed by atoms with Crippen LogP contribution >= 0.6 is 15.9 Å². The average molecular weight is 579 g/mol. The van der Waals surface area contributed by atoms with Crippen LogP contribution in [0.15, 0.2) is 53.0 Å². The number of anilines is 1. The summed E-state index contributed by atoms with van der Waals surface area (Å²) >= 11 is 3.36. The number of sulfonamides is 1. The van der Waals surface area contributed by atoms with E-state index in [0.717, 1.165) is 51.8 Å². The molecular formula is C27H36BrN3O4S. The van der Waals surface area contributed by atoms with E-state index in [9.17, 15) is 18.0 Å². The second-order valence-corrected chi connectivity index (χ2v) is 12.3. The van der Waals surface area contributed by atoms with E-state index in [1.807, 2.05) is 38.1 Å². The number of nitrogens with zero attached hydrogens (tertiary/aromatic N) is 2. The van der Waals surface area contributed by atoms with Crippen LogP contribution in [0.4, 0.5) is 5.69 Å². The van der Waals surface area contributed by atoms with E-state index in [1.54, 1.807) is 24.3 Å². The summed E-state index contributed by atoms with van der Waals surface area (Å²) in [7, 11) is -3.75. The van der Waals surface area contributed by atoms with Gasteiger partial charge in [-0.15, -0.1) is 0 Å². The Balaban J connectivity index is 1.91. The molecule has 2 aromatic carbocycles. The van der Waals surface area contributed by atoms with Crippen molar-refractivity contribution in [3.8, 4) is 0 Å². The fraction of sp³-hybridized carbons (Fsp3) is 0.481. The Labute approximate surface area is 223 Å². The molecule has 0 aromatic heterocycles. The van der Waals surface area contributed by atoms with Gasteiger partial charge in [0, 0.05) is 17.1 Å². The van der Waals surface area contributed by atoms with E-state index in [-0.39, 0.29) is 25.0 Å². The third-order valence-electron chi connectivity index (χ3n) is 6.73. The second-order valence-electron chi connectivity index (χ2n) is 9.46. The van der Waals surface area contributed by atoms with Crippen LogP contribution in [0.3, 0.4) is 0 Å². The maximum atomic E-state index is 13.8. The average Bonchev–Trinajstić information content (AvgIpc) is 2.84. The predicted molar refractivity (Wildman–Crippen MR) is 147 cm³/mol. The van der Waals surface area contributed by atoms with Gasteiger partial charge < -0.3 is 10.2 Å². The lowest BCUT2D eigenvalue weighted by molar-refractivity contribution is -0.140. The number of aryl methyl sites for hydroxylation is 1. The molecule has 1 N–H and O–H groups in total. The first-order valence-electron chi connectivity index (χ1n) is 12.5. The number of nitrogens with one attached hydrogen (secondary N) is 1. The molecule has 3 rings (SSSR count). The molecule has 1 atom stereocenters. The second kappa shape index (κ2) is 12.7. The molecule has 0 spiro atoms. The van der Waals surface area contributed by atoms with Crippen LogP contribution in [0.25, 0.3) is 0 Å². The highest BCUT2D eigenvalue weighted by Crippen LogP contribution is 2.23. The molecule has 1 saturated carbocycles. The Bertz CT molecular complexity index is 1150. The zero-order valence-electron chi connectivity index (χ0n) is 21.2. The zero-order valence-corrected chi connectivity index (χ0v) is 23.6. The minimum Gasteiger partial charge on any atom is -0.352 e. The summed E-state index contributed by atoms with van der Waals surface area (Å²) in [5, 5.41) is 3.16. The number of carbonyl (C=O) groups excluding carboxylic acids is 2. The van der Waals surface area contributed by atoms with Gasteiger partial charge in [0.25, 0.3) is 0 Å². The molecule has 1 aliphatic rings. The molecule has 0 bridgehead atoms. The SMILES string of the molecule is CCC(C(=O)NC1CCCCC1)N(Cc1ccccc1C)C(=O)CN(c1ccc(Br)cc1)S(C)(=O)=O. The summed E-state index contributed by atoms with van der Waals surface area (Å²) in [6.45, 7) is 3.68. The van der Waals surface area contributed by atoms with Gasteiger partial charge in [0.05, 0.1) is 11.9 Å². The molecule has 1 unspecified atom stereocenters. The van der Waals surface area contributed by atoms with Crippen molar-refractivity contribution in [1.82, 2.24) is 10.2 Å². The molecule has 1 fully saturated rings. The first-order chi connectivity index (χ1) is 17.1. The minimum atomic E-state index is -3.75. The highest BCUT2D eigenvalue weighted by Gasteiger charge is 2.33. The molecule has 0 saturated heterocycles. The minimum absolute atomic E-state index is 0.117. The van der Waals surface area contributed by atoms with Crippen LogP contribution in [-0.2, 0) is 26.2 Å². The smallest absolute Gasteiger partial charge is 0.244 e. The van der Waals surface area contributed by atoms with Gasteiger partial charge in [-0.2, -0.15) is 0 Å². The number of halogens is 1. The third kappa shape index (κ3) is 7.56. The van der Waals surface area contributed by atoms with Crippen molar-refractivity contribution >= 4 is 43.5 Å². The van der Waals surface area contributed by atoms with Crippen molar-refractivity contribution in [2.45, 2.75) is 71.0 Å². The fourth-order valence-corrected chi connectivity index (χ4v) is 5.77. The van der Waals surface area contributed by atoms with Crippen molar-refractivity contribution in [2.75, 3.05) is 17.1 Å². The van der Waals surface area contributed by atoms with Gasteiger partial charge in [-0.25, -0.2) is 8.42 Å². The normalized spacial score (nSPS) is 15.2. The summed E-state index contributed by atoms with van der Waals surface area (Å²) in [6, 6.07) is 13.9. The van der Waals surface area contributed by atoms with E-state index >= 15 is 0 Å². The Morgan fingerprint density at radius 1 is 1.06 bits per heavy atom. The molecule has 1 aliphatic carbocycles. The molecule has 36 heavy (non-hydrogen) atoms. The molecule has 0 heterocycles. The van der Waals surface area contributed by atoms with Gasteiger partial charge in [-0.3, -0.25) is 13.9 Å². The number of rotatable bonds is 10. The number of benzene rings is 2. The monoisotopic (exact) mass is 577 g/mol. The van der Waals surface area contributed by atoms with Crippen molar-refractivity contribution in [1.29, 1.82) is 0 Å². The van der Waals surface area contributed by atoms with Crippen LogP contribution in [-0.4, -0.2) is 50.0 Å². The van der Waals surface area contributed by atoms with E-state index < -0.39 is 22.0 Å². The van der Waals surface area contributed by atoms with E-state index in [0.29, 0.717) is 12.1 Å². The number of hydrogen-bond donors (Lipinski definition) is 1.